The molecule has 0 aromatic heterocycles. The van der Waals surface area contributed by atoms with Gasteiger partial charge in [0.05, 0.1) is 5.41 Å². The summed E-state index contributed by atoms with van der Waals surface area (Å²) in [6.45, 7) is 4.85. The fraction of sp³-hybridized carbons (Fsp3) is 0.538. The van der Waals surface area contributed by atoms with Crippen LogP contribution in [0.2, 0.25) is 0 Å². The lowest BCUT2D eigenvalue weighted by molar-refractivity contribution is -0.141. The molecule has 0 aliphatic heterocycles. The van der Waals surface area contributed by atoms with E-state index in [1.165, 1.54) is 6.92 Å². The first kappa shape index (κ1) is 12.5. The number of allylic oxidation sites excluding steroid dienone is 2. The maximum Gasteiger partial charge on any atom is 0.307 e. The minimum Gasteiger partial charge on any atom is -0.430 e. The van der Waals surface area contributed by atoms with Crippen LogP contribution in [0.5, 0.6) is 0 Å². The van der Waals surface area contributed by atoms with Crippen molar-refractivity contribution in [1.82, 2.24) is 0 Å². The first-order chi connectivity index (χ1) is 7.50. The minimum absolute atomic E-state index is 0.0917. The maximum absolute atomic E-state index is 11.9. The molecule has 3 heteroatoms. The number of rotatable bonds is 2. The maximum atomic E-state index is 11.9. The average molecular weight is 220 g/mol. The molecule has 0 saturated carbocycles. The normalized spacial score (nSPS) is 24.2. The zero-order valence-corrected chi connectivity index (χ0v) is 9.92. The monoisotopic (exact) mass is 220 g/mol. The number of esters is 1. The second-order valence-electron chi connectivity index (χ2n) is 4.06. The van der Waals surface area contributed by atoms with Crippen LogP contribution in [0.1, 0.15) is 40.0 Å². The predicted octanol–water partition coefficient (Wildman–Crippen LogP) is 2.22. The smallest absolute Gasteiger partial charge is 0.307 e. The second-order valence-corrected chi connectivity index (χ2v) is 4.06. The summed E-state index contributed by atoms with van der Waals surface area (Å²) in [5, 5.41) is 0. The van der Waals surface area contributed by atoms with Crippen LogP contribution in [0.3, 0.4) is 0 Å². The zero-order chi connectivity index (χ0) is 12.2. The van der Waals surface area contributed by atoms with E-state index in [1.54, 1.807) is 13.8 Å². The van der Waals surface area contributed by atoms with E-state index in [2.05, 4.69) is 11.8 Å². The Morgan fingerprint density at radius 1 is 1.62 bits per heavy atom. The highest BCUT2D eigenvalue weighted by Crippen LogP contribution is 2.37. The molecule has 0 amide bonds. The summed E-state index contributed by atoms with van der Waals surface area (Å²) in [5.74, 6) is 5.81. The van der Waals surface area contributed by atoms with Crippen LogP contribution in [0.15, 0.2) is 11.8 Å². The third-order valence-electron chi connectivity index (χ3n) is 2.73. The van der Waals surface area contributed by atoms with Gasteiger partial charge in [-0.25, -0.2) is 0 Å². The van der Waals surface area contributed by atoms with Crippen molar-refractivity contribution in [3.8, 4) is 11.8 Å². The molecule has 3 nitrogen and oxygen atoms in total. The van der Waals surface area contributed by atoms with Gasteiger partial charge in [0, 0.05) is 19.8 Å². The van der Waals surface area contributed by atoms with Crippen LogP contribution in [0.4, 0.5) is 0 Å². The van der Waals surface area contributed by atoms with E-state index < -0.39 is 11.4 Å². The van der Waals surface area contributed by atoms with Crippen molar-refractivity contribution in [3.05, 3.63) is 11.8 Å². The molecule has 0 radical (unpaired) electrons. The van der Waals surface area contributed by atoms with E-state index >= 15 is 0 Å². The number of hydrogen-bond donors (Lipinski definition) is 0. The second kappa shape index (κ2) is 4.98. The summed E-state index contributed by atoms with van der Waals surface area (Å²) in [6, 6.07) is 0. The summed E-state index contributed by atoms with van der Waals surface area (Å²) in [5.41, 5.74) is -0.757. The van der Waals surface area contributed by atoms with E-state index in [0.29, 0.717) is 25.0 Å². The molecule has 0 heterocycles. The van der Waals surface area contributed by atoms with Gasteiger partial charge in [-0.1, -0.05) is 0 Å². The van der Waals surface area contributed by atoms with Gasteiger partial charge in [0.15, 0.2) is 0 Å². The van der Waals surface area contributed by atoms with E-state index in [4.69, 9.17) is 4.74 Å². The Bertz CT molecular complexity index is 395. The van der Waals surface area contributed by atoms with Crippen molar-refractivity contribution >= 4 is 11.8 Å². The van der Waals surface area contributed by atoms with Gasteiger partial charge in [0.2, 0.25) is 0 Å². The molecule has 0 saturated heterocycles. The van der Waals surface area contributed by atoms with Crippen LogP contribution >= 0.6 is 0 Å². The zero-order valence-electron chi connectivity index (χ0n) is 9.92. The molecule has 1 atom stereocenters. The van der Waals surface area contributed by atoms with E-state index in [0.717, 1.165) is 0 Å². The van der Waals surface area contributed by atoms with Gasteiger partial charge >= 0.3 is 5.97 Å². The summed E-state index contributed by atoms with van der Waals surface area (Å²) >= 11 is 0. The van der Waals surface area contributed by atoms with Crippen LogP contribution < -0.4 is 0 Å². The quantitative estimate of drug-likeness (QED) is 0.529. The number of Topliss-reactive ketones (excluding diaryl/α,β-unsaturated/α-hetero) is 1. The van der Waals surface area contributed by atoms with Crippen molar-refractivity contribution in [2.45, 2.75) is 40.0 Å². The third-order valence-corrected chi connectivity index (χ3v) is 2.73. The molecule has 1 aliphatic rings. The van der Waals surface area contributed by atoms with Gasteiger partial charge in [-0.2, -0.15) is 0 Å². The Morgan fingerprint density at radius 2 is 2.31 bits per heavy atom. The highest BCUT2D eigenvalue weighted by atomic mass is 16.5. The van der Waals surface area contributed by atoms with Crippen molar-refractivity contribution in [3.63, 3.8) is 0 Å². The fourth-order valence-corrected chi connectivity index (χ4v) is 1.73. The fourth-order valence-electron chi connectivity index (χ4n) is 1.73. The number of ketones is 1. The molecule has 1 aliphatic carbocycles. The Morgan fingerprint density at radius 3 is 2.88 bits per heavy atom. The van der Waals surface area contributed by atoms with Gasteiger partial charge in [0.25, 0.3) is 0 Å². The number of hydrogen-bond acceptors (Lipinski definition) is 3. The molecular formula is C13H16O3. The minimum atomic E-state index is -0.757. The average Bonchev–Trinajstić information content (AvgIpc) is 2.22. The molecule has 0 aromatic rings. The Hall–Kier alpha value is -1.56. The summed E-state index contributed by atoms with van der Waals surface area (Å²) < 4.78 is 5.11. The van der Waals surface area contributed by atoms with Gasteiger partial charge in [-0.3, -0.25) is 9.59 Å². The molecule has 1 unspecified atom stereocenters. The van der Waals surface area contributed by atoms with Gasteiger partial charge < -0.3 is 4.74 Å². The predicted molar refractivity (Wildman–Crippen MR) is 60.3 cm³/mol. The van der Waals surface area contributed by atoms with E-state index in [-0.39, 0.29) is 5.78 Å². The molecule has 86 valence electrons. The molecule has 0 fully saturated rings. The van der Waals surface area contributed by atoms with Crippen molar-refractivity contribution < 1.29 is 14.3 Å². The van der Waals surface area contributed by atoms with Crippen LogP contribution in [0.25, 0.3) is 0 Å². The van der Waals surface area contributed by atoms with Gasteiger partial charge in [-0.05, 0) is 26.3 Å². The van der Waals surface area contributed by atoms with Crippen molar-refractivity contribution in [2.75, 3.05) is 0 Å². The number of ether oxygens (including phenoxy) is 1. The molecule has 1 rings (SSSR count). The lowest BCUT2D eigenvalue weighted by atomic mass is 9.75. The first-order valence-electron chi connectivity index (χ1n) is 5.32. The highest BCUT2D eigenvalue weighted by molar-refractivity contribution is 5.89. The lowest BCUT2D eigenvalue weighted by Crippen LogP contribution is -2.34. The van der Waals surface area contributed by atoms with Crippen molar-refractivity contribution in [1.29, 1.82) is 0 Å². The topological polar surface area (TPSA) is 43.4 Å². The Kier molecular flexibility index (Phi) is 3.89. The summed E-state index contributed by atoms with van der Waals surface area (Å²) in [7, 11) is 0. The number of carbonyl (C=O) groups excluding carboxylic acids is 2. The van der Waals surface area contributed by atoms with Gasteiger partial charge in [0.1, 0.15) is 11.5 Å². The van der Waals surface area contributed by atoms with E-state index in [9.17, 15) is 9.59 Å². The molecule has 16 heavy (non-hydrogen) atoms. The summed E-state index contributed by atoms with van der Waals surface area (Å²) in [6.07, 6.45) is 3.35. The van der Waals surface area contributed by atoms with Crippen molar-refractivity contribution in [2.24, 2.45) is 5.41 Å². The molecule has 0 bridgehead atoms. The van der Waals surface area contributed by atoms with E-state index in [1.807, 2.05) is 6.08 Å². The molecule has 0 N–H and O–H groups in total. The Balaban J connectivity index is 3.00. The van der Waals surface area contributed by atoms with Crippen LogP contribution in [-0.4, -0.2) is 11.8 Å². The van der Waals surface area contributed by atoms with Crippen LogP contribution in [0, 0.1) is 17.3 Å². The third kappa shape index (κ3) is 2.52. The van der Waals surface area contributed by atoms with Crippen LogP contribution in [-0.2, 0) is 14.3 Å². The largest absolute Gasteiger partial charge is 0.430 e. The highest BCUT2D eigenvalue weighted by Gasteiger charge is 2.40. The summed E-state index contributed by atoms with van der Waals surface area (Å²) in [4.78, 5) is 22.9. The molecule has 0 aromatic carbocycles. The SMILES string of the molecule is CC#CCC1(C)C(=O)CCC=C1OC(C)=O. The molecular weight excluding hydrogens is 204 g/mol. The standard InChI is InChI=1S/C13H16O3/c1-4-5-9-13(3)11(15)7-6-8-12(13)16-10(2)14/h8H,6-7,9H2,1-3H3. The first-order valence-corrected chi connectivity index (χ1v) is 5.32. The van der Waals surface area contributed by atoms with Gasteiger partial charge in [-0.15, -0.1) is 11.8 Å². The Labute approximate surface area is 95.9 Å². The number of carbonyl (C=O) groups is 2. The lowest BCUT2D eigenvalue weighted by Gasteiger charge is -2.30. The molecule has 0 spiro atoms.